The smallest absolute Gasteiger partial charge is 0.323 e. The van der Waals surface area contributed by atoms with Crippen molar-refractivity contribution in [3.05, 3.63) is 16.0 Å². The molecule has 1 saturated heterocycles. The first kappa shape index (κ1) is 14.9. The van der Waals surface area contributed by atoms with Crippen molar-refractivity contribution in [1.82, 2.24) is 9.55 Å². The number of nitrogens with zero attached hydrogens (tertiary/aromatic N) is 3. The number of nitrogens with one attached hydrogen (secondary N) is 1. The Hall–Kier alpha value is -2.05. The van der Waals surface area contributed by atoms with E-state index in [0.717, 1.165) is 44.5 Å². The fraction of sp³-hybridized carbons (Fsp3) is 0.667. The van der Waals surface area contributed by atoms with E-state index < -0.39 is 5.97 Å². The van der Waals surface area contributed by atoms with E-state index in [0.29, 0.717) is 11.6 Å². The Bertz CT molecular complexity index is 634. The first-order chi connectivity index (χ1) is 10.6. The molecule has 1 atom stereocenters. The Balaban J connectivity index is 2.08. The van der Waals surface area contributed by atoms with Crippen LogP contribution in [0, 0.1) is 0 Å². The average molecular weight is 306 g/mol. The molecular formula is C15H22N4O3. The van der Waals surface area contributed by atoms with Crippen LogP contribution in [0.4, 0.5) is 11.6 Å². The van der Waals surface area contributed by atoms with Crippen molar-refractivity contribution in [1.29, 1.82) is 0 Å². The number of carboxylic acid groups (broad SMARTS) is 1. The van der Waals surface area contributed by atoms with Gasteiger partial charge >= 0.3 is 5.97 Å². The van der Waals surface area contributed by atoms with Gasteiger partial charge in [-0.3, -0.25) is 14.2 Å². The monoisotopic (exact) mass is 306 g/mol. The molecule has 2 aliphatic heterocycles. The third-order valence-electron chi connectivity index (χ3n) is 4.36. The highest BCUT2D eigenvalue weighted by atomic mass is 16.4. The minimum Gasteiger partial charge on any atom is -0.480 e. The van der Waals surface area contributed by atoms with Crippen molar-refractivity contribution in [3.63, 3.8) is 0 Å². The number of carbonyl (C=O) groups is 1. The molecule has 0 bridgehead atoms. The summed E-state index contributed by atoms with van der Waals surface area (Å²) >= 11 is 0. The topological polar surface area (TPSA) is 87.5 Å². The van der Waals surface area contributed by atoms with Crippen LogP contribution in [0.15, 0.2) is 4.79 Å². The number of aromatic nitrogens is 2. The largest absolute Gasteiger partial charge is 0.480 e. The summed E-state index contributed by atoms with van der Waals surface area (Å²) in [7, 11) is 0. The number of hydrogen-bond donors (Lipinski definition) is 2. The molecule has 22 heavy (non-hydrogen) atoms. The van der Waals surface area contributed by atoms with Gasteiger partial charge in [0.05, 0.1) is 5.69 Å². The van der Waals surface area contributed by atoms with E-state index in [9.17, 15) is 9.59 Å². The Kier molecular flexibility index (Phi) is 4.04. The Morgan fingerprint density at radius 1 is 1.36 bits per heavy atom. The molecule has 2 aliphatic rings. The molecule has 1 aromatic rings. The van der Waals surface area contributed by atoms with Crippen molar-refractivity contribution < 1.29 is 9.90 Å². The van der Waals surface area contributed by atoms with Crippen LogP contribution in [0.5, 0.6) is 0 Å². The van der Waals surface area contributed by atoms with E-state index in [1.54, 1.807) is 0 Å². The molecule has 2 N–H and O–H groups in total. The molecule has 1 aromatic heterocycles. The number of carboxylic acids is 1. The van der Waals surface area contributed by atoms with Crippen molar-refractivity contribution in [2.75, 3.05) is 23.3 Å². The van der Waals surface area contributed by atoms with Crippen molar-refractivity contribution >= 4 is 17.6 Å². The summed E-state index contributed by atoms with van der Waals surface area (Å²) in [6.07, 6.45) is 4.96. The second kappa shape index (κ2) is 5.98. The highest BCUT2D eigenvalue weighted by Crippen LogP contribution is 2.24. The van der Waals surface area contributed by atoms with Gasteiger partial charge in [-0.1, -0.05) is 0 Å². The van der Waals surface area contributed by atoms with Crippen LogP contribution >= 0.6 is 0 Å². The molecule has 0 aromatic carbocycles. The Morgan fingerprint density at radius 3 is 2.77 bits per heavy atom. The van der Waals surface area contributed by atoms with E-state index in [1.807, 2.05) is 11.8 Å². The first-order valence-corrected chi connectivity index (χ1v) is 7.93. The molecule has 7 heteroatoms. The van der Waals surface area contributed by atoms with Gasteiger partial charge in [0.1, 0.15) is 12.2 Å². The molecule has 0 spiro atoms. The third kappa shape index (κ3) is 2.80. The fourth-order valence-electron chi connectivity index (χ4n) is 3.20. The summed E-state index contributed by atoms with van der Waals surface area (Å²) in [5, 5.41) is 12.3. The van der Waals surface area contributed by atoms with Crippen molar-refractivity contribution in [2.45, 2.75) is 51.6 Å². The maximum Gasteiger partial charge on any atom is 0.323 e. The number of hydrogen-bond acceptors (Lipinski definition) is 5. The van der Waals surface area contributed by atoms with E-state index in [2.05, 4.69) is 10.3 Å². The van der Waals surface area contributed by atoms with Crippen LogP contribution in [0.2, 0.25) is 0 Å². The number of piperidine rings is 1. The quantitative estimate of drug-likeness (QED) is 0.868. The van der Waals surface area contributed by atoms with E-state index in [4.69, 9.17) is 5.11 Å². The highest BCUT2D eigenvalue weighted by Gasteiger charge is 2.26. The van der Waals surface area contributed by atoms with E-state index >= 15 is 0 Å². The van der Waals surface area contributed by atoms with Gasteiger partial charge in [0.15, 0.2) is 0 Å². The second-order valence-electron chi connectivity index (χ2n) is 6.15. The normalized spacial score (nSPS) is 21.1. The second-order valence-corrected chi connectivity index (χ2v) is 6.15. The van der Waals surface area contributed by atoms with Gasteiger partial charge in [-0.05, 0) is 39.0 Å². The number of rotatable bonds is 3. The molecule has 3 rings (SSSR count). The number of aryl methyl sites for hydroxylation is 1. The van der Waals surface area contributed by atoms with Gasteiger partial charge in [0.2, 0.25) is 5.95 Å². The van der Waals surface area contributed by atoms with Gasteiger partial charge in [0, 0.05) is 19.1 Å². The molecule has 1 unspecified atom stereocenters. The van der Waals surface area contributed by atoms with Crippen LogP contribution in [-0.2, 0) is 17.8 Å². The van der Waals surface area contributed by atoms with Crippen molar-refractivity contribution in [3.8, 4) is 0 Å². The molecule has 0 radical (unpaired) electrons. The van der Waals surface area contributed by atoms with Crippen LogP contribution in [0.3, 0.4) is 0 Å². The zero-order valence-electron chi connectivity index (χ0n) is 12.8. The molecule has 0 aliphatic carbocycles. The fourth-order valence-corrected chi connectivity index (χ4v) is 3.20. The summed E-state index contributed by atoms with van der Waals surface area (Å²) in [4.78, 5) is 30.6. The minimum atomic E-state index is -1.02. The molecule has 1 fully saturated rings. The zero-order valence-corrected chi connectivity index (χ0v) is 12.8. The lowest BCUT2D eigenvalue weighted by molar-refractivity contribution is -0.137. The van der Waals surface area contributed by atoms with E-state index in [-0.39, 0.29) is 18.1 Å². The van der Waals surface area contributed by atoms with Crippen LogP contribution < -0.4 is 15.8 Å². The number of fused-ring (bicyclic) bond motifs is 1. The minimum absolute atomic E-state index is 0.209. The van der Waals surface area contributed by atoms with Crippen molar-refractivity contribution in [2.24, 2.45) is 0 Å². The van der Waals surface area contributed by atoms with Crippen LogP contribution in [-0.4, -0.2) is 39.8 Å². The lowest BCUT2D eigenvalue weighted by Gasteiger charge is -2.31. The van der Waals surface area contributed by atoms with Crippen LogP contribution in [0.1, 0.15) is 38.3 Å². The molecule has 7 nitrogen and oxygen atoms in total. The maximum absolute atomic E-state index is 12.7. The van der Waals surface area contributed by atoms with Gasteiger partial charge in [-0.15, -0.1) is 0 Å². The molecule has 0 saturated carbocycles. The summed E-state index contributed by atoms with van der Waals surface area (Å²) in [6, 6.07) is 0.209. The summed E-state index contributed by atoms with van der Waals surface area (Å²) < 4.78 is 1.30. The summed E-state index contributed by atoms with van der Waals surface area (Å²) in [5.74, 6) is -0.506. The molecule has 3 heterocycles. The standard InChI is InChI=1S/C15H22N4O3/c1-10-5-6-11-13(16-10)14(22)19(9-12(20)21)15(17-11)18-7-3-2-4-8-18/h10,16H,2-9H2,1H3,(H,20,21). The Morgan fingerprint density at radius 2 is 2.09 bits per heavy atom. The third-order valence-corrected chi connectivity index (χ3v) is 4.36. The average Bonchev–Trinajstić information content (AvgIpc) is 2.51. The van der Waals surface area contributed by atoms with Gasteiger partial charge in [-0.25, -0.2) is 4.98 Å². The van der Waals surface area contributed by atoms with Gasteiger partial charge in [0.25, 0.3) is 5.56 Å². The lowest BCUT2D eigenvalue weighted by Crippen LogP contribution is -2.40. The summed E-state index contributed by atoms with van der Waals surface area (Å²) in [5.41, 5.74) is 0.977. The predicted octanol–water partition coefficient (Wildman–Crippen LogP) is 1.06. The number of anilines is 2. The maximum atomic E-state index is 12.7. The predicted molar refractivity (Wildman–Crippen MR) is 83.6 cm³/mol. The number of aliphatic carboxylic acids is 1. The molecule has 0 amide bonds. The lowest BCUT2D eigenvalue weighted by atomic mass is 10.0. The summed E-state index contributed by atoms with van der Waals surface area (Å²) in [6.45, 7) is 3.33. The Labute approximate surface area is 129 Å². The zero-order chi connectivity index (χ0) is 15.7. The molecule has 120 valence electrons. The SMILES string of the molecule is CC1CCc2nc(N3CCCCC3)n(CC(=O)O)c(=O)c2N1. The van der Waals surface area contributed by atoms with E-state index in [1.165, 1.54) is 11.0 Å². The first-order valence-electron chi connectivity index (χ1n) is 7.93. The van der Waals surface area contributed by atoms with Crippen LogP contribution in [0.25, 0.3) is 0 Å². The van der Waals surface area contributed by atoms with Gasteiger partial charge < -0.3 is 15.3 Å². The van der Waals surface area contributed by atoms with Gasteiger partial charge in [-0.2, -0.15) is 0 Å². The highest BCUT2D eigenvalue weighted by molar-refractivity contribution is 5.67. The molecular weight excluding hydrogens is 284 g/mol.